The minimum absolute atomic E-state index is 0.466. The summed E-state index contributed by atoms with van der Waals surface area (Å²) in [5.74, 6) is 1.68. The third-order valence-electron chi connectivity index (χ3n) is 4.33. The minimum Gasteiger partial charge on any atom is -0.356 e. The molecule has 2 N–H and O–H groups in total. The fourth-order valence-electron chi connectivity index (χ4n) is 2.48. The molecule has 0 saturated heterocycles. The topological polar surface area (TPSA) is 39.7 Å². The first-order valence-corrected chi connectivity index (χ1v) is 8.80. The maximum atomic E-state index is 4.33. The van der Waals surface area contributed by atoms with Gasteiger partial charge in [0.05, 0.1) is 0 Å². The standard InChI is InChI=1S/C17H38N4/c1-7-16(8-2)14-19-17(18-6)20-15(5)12-11-13-21(9-3)10-4/h15-16H,7-14H2,1-6H3,(H2,18,19,20). The van der Waals surface area contributed by atoms with Crippen molar-refractivity contribution in [2.45, 2.75) is 66.3 Å². The molecule has 0 aromatic rings. The molecule has 0 spiro atoms. The molecular formula is C17H38N4. The highest BCUT2D eigenvalue weighted by atomic mass is 15.2. The van der Waals surface area contributed by atoms with E-state index in [0.717, 1.165) is 31.5 Å². The number of hydrogen-bond donors (Lipinski definition) is 2. The third kappa shape index (κ3) is 9.72. The second-order valence-electron chi connectivity index (χ2n) is 5.85. The van der Waals surface area contributed by atoms with Gasteiger partial charge in [0.1, 0.15) is 0 Å². The predicted octanol–water partition coefficient (Wildman–Crippen LogP) is 3.10. The van der Waals surface area contributed by atoms with Gasteiger partial charge in [-0.1, -0.05) is 40.5 Å². The summed E-state index contributed by atoms with van der Waals surface area (Å²) in [5.41, 5.74) is 0. The lowest BCUT2D eigenvalue weighted by molar-refractivity contribution is 0.292. The number of nitrogens with zero attached hydrogens (tertiary/aromatic N) is 2. The van der Waals surface area contributed by atoms with E-state index in [2.05, 4.69) is 55.1 Å². The summed E-state index contributed by atoms with van der Waals surface area (Å²) < 4.78 is 0. The molecule has 1 atom stereocenters. The molecule has 0 radical (unpaired) electrons. The minimum atomic E-state index is 0.466. The first kappa shape index (κ1) is 20.2. The van der Waals surface area contributed by atoms with Crippen LogP contribution in [0.15, 0.2) is 4.99 Å². The van der Waals surface area contributed by atoms with Crippen LogP contribution < -0.4 is 10.6 Å². The molecule has 0 aliphatic heterocycles. The zero-order valence-electron chi connectivity index (χ0n) is 15.2. The van der Waals surface area contributed by atoms with Gasteiger partial charge in [-0.15, -0.1) is 0 Å². The molecule has 0 aliphatic rings. The van der Waals surface area contributed by atoms with E-state index in [4.69, 9.17) is 0 Å². The number of nitrogens with one attached hydrogen (secondary N) is 2. The van der Waals surface area contributed by atoms with E-state index in [0.29, 0.717) is 6.04 Å². The van der Waals surface area contributed by atoms with Gasteiger partial charge in [-0.05, 0) is 45.3 Å². The SMILES string of the molecule is CCC(CC)CNC(=NC)NC(C)CCCN(CC)CC. The second kappa shape index (κ2) is 12.9. The Morgan fingerprint density at radius 2 is 1.71 bits per heavy atom. The maximum absolute atomic E-state index is 4.33. The van der Waals surface area contributed by atoms with Crippen LogP contribution >= 0.6 is 0 Å². The van der Waals surface area contributed by atoms with E-state index < -0.39 is 0 Å². The largest absolute Gasteiger partial charge is 0.356 e. The predicted molar refractivity (Wildman–Crippen MR) is 95.1 cm³/mol. The molecule has 126 valence electrons. The summed E-state index contributed by atoms with van der Waals surface area (Å²) in [6.45, 7) is 15.7. The molecule has 21 heavy (non-hydrogen) atoms. The van der Waals surface area contributed by atoms with Crippen molar-refractivity contribution in [2.24, 2.45) is 10.9 Å². The molecule has 0 aliphatic carbocycles. The smallest absolute Gasteiger partial charge is 0.191 e. The summed E-state index contributed by atoms with van der Waals surface area (Å²) in [7, 11) is 1.85. The van der Waals surface area contributed by atoms with Crippen molar-refractivity contribution in [2.75, 3.05) is 33.2 Å². The van der Waals surface area contributed by atoms with Gasteiger partial charge in [-0.3, -0.25) is 4.99 Å². The van der Waals surface area contributed by atoms with Crippen molar-refractivity contribution in [1.82, 2.24) is 15.5 Å². The summed E-state index contributed by atoms with van der Waals surface area (Å²) >= 11 is 0. The monoisotopic (exact) mass is 298 g/mol. The van der Waals surface area contributed by atoms with E-state index in [9.17, 15) is 0 Å². The molecule has 0 aromatic heterocycles. The molecule has 0 fully saturated rings. The lowest BCUT2D eigenvalue weighted by Gasteiger charge is -2.22. The van der Waals surface area contributed by atoms with Gasteiger partial charge in [-0.25, -0.2) is 0 Å². The fraction of sp³-hybridized carbons (Fsp3) is 0.941. The Labute approximate surface area is 132 Å². The van der Waals surface area contributed by atoms with Crippen molar-refractivity contribution in [3.63, 3.8) is 0 Å². The molecule has 0 saturated carbocycles. The van der Waals surface area contributed by atoms with Crippen LogP contribution in [0.25, 0.3) is 0 Å². The highest BCUT2D eigenvalue weighted by Crippen LogP contribution is 2.05. The molecular weight excluding hydrogens is 260 g/mol. The molecule has 4 heteroatoms. The first-order chi connectivity index (χ1) is 10.1. The van der Waals surface area contributed by atoms with Gasteiger partial charge in [0, 0.05) is 19.6 Å². The van der Waals surface area contributed by atoms with E-state index in [-0.39, 0.29) is 0 Å². The number of hydrogen-bond acceptors (Lipinski definition) is 2. The Bertz CT molecular complexity index is 258. The number of rotatable bonds is 11. The van der Waals surface area contributed by atoms with Crippen LogP contribution in [0.4, 0.5) is 0 Å². The average molecular weight is 299 g/mol. The lowest BCUT2D eigenvalue weighted by Crippen LogP contribution is -2.44. The molecule has 0 bridgehead atoms. The quantitative estimate of drug-likeness (QED) is 0.455. The molecule has 0 aromatic carbocycles. The second-order valence-corrected chi connectivity index (χ2v) is 5.85. The highest BCUT2D eigenvalue weighted by molar-refractivity contribution is 5.79. The van der Waals surface area contributed by atoms with Crippen LogP contribution in [-0.2, 0) is 0 Å². The zero-order chi connectivity index (χ0) is 16.1. The Balaban J connectivity index is 3.96. The Hall–Kier alpha value is -0.770. The molecule has 4 nitrogen and oxygen atoms in total. The van der Waals surface area contributed by atoms with E-state index >= 15 is 0 Å². The van der Waals surface area contributed by atoms with Crippen LogP contribution in [-0.4, -0.2) is 50.1 Å². The summed E-state index contributed by atoms with van der Waals surface area (Å²) in [4.78, 5) is 6.81. The van der Waals surface area contributed by atoms with Gasteiger partial charge in [-0.2, -0.15) is 0 Å². The van der Waals surface area contributed by atoms with Crippen LogP contribution in [0.5, 0.6) is 0 Å². The Morgan fingerprint density at radius 3 is 2.19 bits per heavy atom. The van der Waals surface area contributed by atoms with Crippen LogP contribution in [0.3, 0.4) is 0 Å². The summed E-state index contributed by atoms with van der Waals surface area (Å²) in [5, 5.41) is 6.95. The average Bonchev–Trinajstić information content (AvgIpc) is 2.51. The zero-order valence-corrected chi connectivity index (χ0v) is 15.2. The number of aliphatic imine (C=N–C) groups is 1. The van der Waals surface area contributed by atoms with Crippen LogP contribution in [0.2, 0.25) is 0 Å². The van der Waals surface area contributed by atoms with Gasteiger partial charge < -0.3 is 15.5 Å². The molecule has 0 rings (SSSR count). The van der Waals surface area contributed by atoms with E-state index in [1.54, 1.807) is 0 Å². The molecule has 1 unspecified atom stereocenters. The molecule has 0 heterocycles. The van der Waals surface area contributed by atoms with E-state index in [1.807, 2.05) is 7.05 Å². The van der Waals surface area contributed by atoms with Gasteiger partial charge in [0.25, 0.3) is 0 Å². The van der Waals surface area contributed by atoms with E-state index in [1.165, 1.54) is 32.2 Å². The van der Waals surface area contributed by atoms with Crippen molar-refractivity contribution < 1.29 is 0 Å². The van der Waals surface area contributed by atoms with Gasteiger partial charge in [0.15, 0.2) is 5.96 Å². The Morgan fingerprint density at radius 1 is 1.10 bits per heavy atom. The summed E-state index contributed by atoms with van der Waals surface area (Å²) in [6.07, 6.45) is 4.86. The van der Waals surface area contributed by atoms with Crippen molar-refractivity contribution in [3.05, 3.63) is 0 Å². The fourth-order valence-corrected chi connectivity index (χ4v) is 2.48. The lowest BCUT2D eigenvalue weighted by atomic mass is 10.0. The van der Waals surface area contributed by atoms with Crippen molar-refractivity contribution >= 4 is 5.96 Å². The van der Waals surface area contributed by atoms with Crippen molar-refractivity contribution in [1.29, 1.82) is 0 Å². The summed E-state index contributed by atoms with van der Waals surface area (Å²) in [6, 6.07) is 0.466. The van der Waals surface area contributed by atoms with Crippen LogP contribution in [0, 0.1) is 5.92 Å². The highest BCUT2D eigenvalue weighted by Gasteiger charge is 2.08. The number of guanidine groups is 1. The van der Waals surface area contributed by atoms with Gasteiger partial charge >= 0.3 is 0 Å². The van der Waals surface area contributed by atoms with Crippen LogP contribution in [0.1, 0.15) is 60.3 Å². The Kier molecular flexibility index (Phi) is 12.5. The molecule has 0 amide bonds. The maximum Gasteiger partial charge on any atom is 0.191 e. The van der Waals surface area contributed by atoms with Crippen molar-refractivity contribution in [3.8, 4) is 0 Å². The first-order valence-electron chi connectivity index (χ1n) is 8.80. The third-order valence-corrected chi connectivity index (χ3v) is 4.33. The van der Waals surface area contributed by atoms with Gasteiger partial charge in [0.2, 0.25) is 0 Å². The normalized spacial score (nSPS) is 13.8.